The van der Waals surface area contributed by atoms with Crippen molar-refractivity contribution in [2.45, 2.75) is 162 Å². The number of aliphatic hydroxyl groups excluding tert-OH is 1. The summed E-state index contributed by atoms with van der Waals surface area (Å²) in [5, 5.41) is 48.9. The summed E-state index contributed by atoms with van der Waals surface area (Å²) in [7, 11) is -3.27. The molecule has 4 saturated carbocycles. The van der Waals surface area contributed by atoms with E-state index in [1.807, 2.05) is 165 Å². The second kappa shape index (κ2) is 39.6. The fourth-order valence-corrected chi connectivity index (χ4v) is 21.0. The Labute approximate surface area is 796 Å². The minimum atomic E-state index is -3.66. The van der Waals surface area contributed by atoms with E-state index in [9.17, 15) is 61.6 Å². The van der Waals surface area contributed by atoms with Crippen LogP contribution in [0.3, 0.4) is 0 Å². The zero-order chi connectivity index (χ0) is 95.3. The molecular formula is C110H122N6O17S2. The average molecular weight is 1860 g/mol. The molecule has 10 N–H and O–H groups in total. The molecule has 23 nitrogen and oxygen atoms in total. The van der Waals surface area contributed by atoms with E-state index >= 15 is 0 Å². The molecule has 0 bridgehead atoms. The van der Waals surface area contributed by atoms with E-state index in [0.717, 1.165) is 183 Å². The van der Waals surface area contributed by atoms with Gasteiger partial charge in [-0.25, -0.2) is 13.2 Å². The Kier molecular flexibility index (Phi) is 27.7. The number of ketones is 1. The summed E-state index contributed by atoms with van der Waals surface area (Å²) in [4.78, 5) is 76.5. The third kappa shape index (κ3) is 20.5. The number of fused-ring (bicyclic) bond motifs is 2. The molecule has 1 atom stereocenters. The van der Waals surface area contributed by atoms with Crippen molar-refractivity contribution in [3.8, 4) is 73.3 Å². The molecule has 19 rings (SSSR count). The number of phenolic OH excluding ortho intramolecular Hbond substituents is 1. The number of ether oxygens (including phenoxy) is 4. The summed E-state index contributed by atoms with van der Waals surface area (Å²) < 4.78 is 69.9. The summed E-state index contributed by atoms with van der Waals surface area (Å²) >= 11 is 0. The van der Waals surface area contributed by atoms with Crippen molar-refractivity contribution in [3.63, 3.8) is 0 Å². The molecule has 3 heterocycles. The Balaban J connectivity index is 0.000000177. The lowest BCUT2D eigenvalue weighted by atomic mass is 9.86. The Morgan fingerprint density at radius 3 is 1.58 bits per heavy atom. The predicted molar refractivity (Wildman–Crippen MR) is 537 cm³/mol. The number of aromatic hydroxyl groups is 1. The molecule has 5 fully saturated rings. The van der Waals surface area contributed by atoms with E-state index < -0.39 is 48.2 Å². The number of carbonyl (C=O) groups is 6. The fourth-order valence-electron chi connectivity index (χ4n) is 18.4. The number of hydrogen-bond donors (Lipinski definition) is 10. The van der Waals surface area contributed by atoms with E-state index in [0.29, 0.717) is 65.9 Å². The number of anilines is 3. The molecule has 12 aromatic carbocycles. The van der Waals surface area contributed by atoms with Gasteiger partial charge in [0, 0.05) is 97.7 Å². The lowest BCUT2D eigenvalue weighted by Gasteiger charge is -2.30. The van der Waals surface area contributed by atoms with Crippen LogP contribution in [0.1, 0.15) is 164 Å². The van der Waals surface area contributed by atoms with Crippen LogP contribution in [0.4, 0.5) is 17.1 Å². The summed E-state index contributed by atoms with van der Waals surface area (Å²) in [6, 6.07) is 78.9. The third-order valence-electron chi connectivity index (χ3n) is 27.1. The maximum absolute atomic E-state index is 13.3. The zero-order valence-electron chi connectivity index (χ0n) is 76.7. The number of nitrogens with one attached hydrogen (secondary N) is 5. The highest BCUT2D eigenvalue weighted by Gasteiger charge is 2.55. The molecule has 0 spiro atoms. The first kappa shape index (κ1) is 94.7. The Hall–Kier alpha value is -13.5. The lowest BCUT2D eigenvalue weighted by Crippen LogP contribution is -2.37. The van der Waals surface area contributed by atoms with E-state index in [1.54, 1.807) is 87.7 Å². The Morgan fingerprint density at radius 1 is 0.511 bits per heavy atom. The van der Waals surface area contributed by atoms with Crippen molar-refractivity contribution < 1.29 is 87.7 Å². The number of nitrogens with zero attached hydrogens (tertiary/aromatic N) is 1. The quantitative estimate of drug-likeness (QED) is 0.0204. The number of aromatic carboxylic acids is 1. The van der Waals surface area contributed by atoms with Crippen LogP contribution in [0, 0.1) is 19.3 Å². The minimum absolute atomic E-state index is 0. The molecule has 3 aliphatic heterocycles. The van der Waals surface area contributed by atoms with E-state index in [-0.39, 0.29) is 76.9 Å². The largest absolute Gasteiger partial charge is 0.507 e. The Bertz CT molecular complexity index is 6710. The fraction of sp³-hybridized carbons (Fsp3) is 0.282. The number of benzene rings is 12. The van der Waals surface area contributed by atoms with Gasteiger partial charge in [0.2, 0.25) is 33.7 Å². The highest BCUT2D eigenvalue weighted by atomic mass is 32.3. The van der Waals surface area contributed by atoms with Crippen molar-refractivity contribution >= 4 is 78.8 Å². The van der Waals surface area contributed by atoms with Crippen LogP contribution in [0.2, 0.25) is 0 Å². The number of carboxylic acids is 1. The number of aliphatic hydroxyl groups is 1. The normalized spacial score (nSPS) is 16.3. The molecule has 4 aliphatic carbocycles. The number of phenols is 1. The monoisotopic (exact) mass is 1860 g/mol. The van der Waals surface area contributed by atoms with Gasteiger partial charge in [0.1, 0.15) is 34.5 Å². The summed E-state index contributed by atoms with van der Waals surface area (Å²) in [5.74, 6) is 2.48. The van der Waals surface area contributed by atoms with Crippen molar-refractivity contribution in [2.75, 3.05) is 62.3 Å². The Morgan fingerprint density at radius 2 is 1.03 bits per heavy atom. The highest BCUT2D eigenvalue weighted by Crippen LogP contribution is 2.56. The number of carboxylic acid groups (broad SMARTS) is 1. The molecule has 706 valence electrons. The lowest BCUT2D eigenvalue weighted by molar-refractivity contribution is -0.121. The minimum Gasteiger partial charge on any atom is -0.507 e. The van der Waals surface area contributed by atoms with Crippen molar-refractivity contribution in [1.29, 1.82) is 5.41 Å². The summed E-state index contributed by atoms with van der Waals surface area (Å²) in [5.41, 5.74) is 18.8. The number of amides is 4. The van der Waals surface area contributed by atoms with Gasteiger partial charge in [-0.3, -0.25) is 33.1 Å². The van der Waals surface area contributed by atoms with Gasteiger partial charge in [-0.2, -0.15) is 14.9 Å². The SMILES string of the molecule is CC(=O)NCc1ccc(-c2cc(NC(=O)C3(c4ccc5c(c4)CCO5)CC3)ccc2C)cc1.CCS(O)(O)c1ccc(-c2cccc(CC(=O)C3(c4ccc(O)c(C(C)=N)c4)CC3)c2)cc1.COc1cc(C(=O)O)ccc1-c1cc(NC(=O)C2(c3ccc4c(c3)CCO4)CC2)ccc1C.COc1ccccc1C1(C(=O)Nc2cccc(-c3ccc(S(=O)(=O)N4CCC[C@@H]4CO)cc3)c2)CC1.[HH].[HH].[HH].[HH].[HH]. The first-order chi connectivity index (χ1) is 64.9. The van der Waals surface area contributed by atoms with Crippen LogP contribution in [0.15, 0.2) is 265 Å². The first-order valence-corrected chi connectivity index (χ1v) is 48.8. The topological polar surface area (TPSA) is 350 Å². The van der Waals surface area contributed by atoms with Gasteiger partial charge in [-0.15, -0.1) is 0 Å². The van der Waals surface area contributed by atoms with Gasteiger partial charge >= 0.3 is 5.97 Å². The maximum Gasteiger partial charge on any atom is 0.335 e. The first-order valence-electron chi connectivity index (χ1n) is 45.7. The number of para-hydroxylation sites is 1. The third-order valence-corrected chi connectivity index (χ3v) is 30.9. The van der Waals surface area contributed by atoms with Crippen molar-refractivity contribution in [3.05, 3.63) is 322 Å². The van der Waals surface area contributed by atoms with E-state index in [2.05, 4.69) is 52.5 Å². The number of sulfonamides is 1. The van der Waals surface area contributed by atoms with Gasteiger partial charge < -0.3 is 60.9 Å². The molecular weight excluding hydrogens is 1740 g/mol. The maximum atomic E-state index is 13.3. The molecule has 1 saturated heterocycles. The summed E-state index contributed by atoms with van der Waals surface area (Å²) in [6.45, 7) is 11.1. The van der Waals surface area contributed by atoms with Crippen molar-refractivity contribution in [2.24, 2.45) is 0 Å². The molecule has 25 heteroatoms. The molecule has 0 radical (unpaired) electrons. The number of hydrogen-bond acceptors (Lipinski definition) is 17. The molecule has 12 aromatic rings. The smallest absolute Gasteiger partial charge is 0.335 e. The molecule has 7 aliphatic rings. The summed E-state index contributed by atoms with van der Waals surface area (Å²) in [6.07, 6.45) is 9.98. The highest BCUT2D eigenvalue weighted by molar-refractivity contribution is 8.24. The van der Waals surface area contributed by atoms with Crippen LogP contribution in [-0.2, 0) is 81.5 Å². The second-order valence-electron chi connectivity index (χ2n) is 36.0. The van der Waals surface area contributed by atoms with Gasteiger partial charge in [-0.1, -0.05) is 146 Å². The van der Waals surface area contributed by atoms with Crippen LogP contribution >= 0.6 is 10.6 Å². The van der Waals surface area contributed by atoms with E-state index in [1.165, 1.54) is 35.5 Å². The average Bonchev–Trinajstić information content (AvgIpc) is 1.60. The van der Waals surface area contributed by atoms with Gasteiger partial charge in [0.05, 0.1) is 71.1 Å². The molecule has 4 amide bonds. The van der Waals surface area contributed by atoms with Crippen LogP contribution in [-0.4, -0.2) is 131 Å². The number of methoxy groups -OCH3 is 2. The van der Waals surface area contributed by atoms with Crippen LogP contribution < -0.4 is 40.2 Å². The standard InChI is InChI=1S/C28H30N2O5S.C28H28N2O3.C27H25NO5.C27H29NO4S.5H2/c1-35-26-10-3-2-9-25(26)28(15-16-28)27(32)29-22-7-4-6-21(18-22)20-11-13-24(14-12-20)36(33,34)30-17-5-8-23(30)19-31;1-18-3-9-24(16-25(18)21-6-4-20(5-7-21)17-29-19(2)31)30-27(32)28(12-13-28)23-8-10-26-22(15-23)11-14-33-26;1-16-3-6-20(15-22(16)21-7-4-18(25(29)30)14-24(21)32-2)28-26(31)27(10-11-27)19-5-8-23-17(13-19)9-12-33-23;1-3-33(31,32)23-10-7-20(8-11-23)21-6-4-5-19(15-21)16-26(30)27(13-14-27)22-9-12-25(29)24(17-22)18(2)28;;;;;/h2-4,6-7,9-14,18,23,31H,5,8,15-17,19H2,1H3,(H,29,32);3-10,15-16H,11-14,17H2,1-2H3,(H,29,31)(H,30,32);3-8,13-15H,9-12H2,1-2H3,(H,28,31)(H,29,30);4-12,15,17,28-29,31-32H,3,13-14,16H2,1-2H3;5*1H/t23-;;;;;;;;/m1......../s1. The number of aryl methyl sites for hydroxylation is 2. The zero-order valence-corrected chi connectivity index (χ0v) is 78.3. The second-order valence-corrected chi connectivity index (χ2v) is 40.2. The molecule has 0 unspecified atom stereocenters. The van der Waals surface area contributed by atoms with Gasteiger partial charge in [0.15, 0.2) is 0 Å². The van der Waals surface area contributed by atoms with Gasteiger partial charge in [0.25, 0.3) is 0 Å². The van der Waals surface area contributed by atoms with Gasteiger partial charge in [-0.05, 0) is 290 Å². The van der Waals surface area contributed by atoms with Crippen LogP contribution in [0.25, 0.3) is 44.5 Å². The van der Waals surface area contributed by atoms with Crippen LogP contribution in [0.5, 0.6) is 28.7 Å². The van der Waals surface area contributed by atoms with E-state index in [4.69, 9.17) is 24.4 Å². The number of carbonyl (C=O) groups excluding carboxylic acids is 5. The molecule has 0 aromatic heterocycles. The number of Topliss-reactive ketones (excluding diaryl/α,β-unsaturated/α-hetero) is 1. The number of rotatable bonds is 28. The molecule has 135 heavy (non-hydrogen) atoms. The predicted octanol–water partition coefficient (Wildman–Crippen LogP) is 21.7. The van der Waals surface area contributed by atoms with Crippen molar-refractivity contribution in [1.82, 2.24) is 9.62 Å².